The van der Waals surface area contributed by atoms with Crippen molar-refractivity contribution < 1.29 is 13.3 Å². The van der Waals surface area contributed by atoms with Gasteiger partial charge in [0.05, 0.1) is 5.75 Å². The molecule has 104 valence electrons. The summed E-state index contributed by atoms with van der Waals surface area (Å²) in [5.74, 6) is -0.399. The SMILES string of the molecule is CC1(C)CC(S(=O)(=O)Cc2c(Cl)ncnc2Cl)=NO1. The van der Waals surface area contributed by atoms with Crippen LogP contribution in [-0.2, 0) is 20.4 Å². The van der Waals surface area contributed by atoms with Crippen LogP contribution in [0.2, 0.25) is 10.3 Å². The Kier molecular flexibility index (Phi) is 3.72. The molecule has 1 aliphatic heterocycles. The van der Waals surface area contributed by atoms with Crippen molar-refractivity contribution in [1.82, 2.24) is 9.97 Å². The Balaban J connectivity index is 2.29. The monoisotopic (exact) mass is 323 g/mol. The first-order valence-electron chi connectivity index (χ1n) is 5.34. The predicted octanol–water partition coefficient (Wildman–Crippen LogP) is 2.21. The molecule has 0 radical (unpaired) electrons. The third-order valence-corrected chi connectivity index (χ3v) is 4.76. The quantitative estimate of drug-likeness (QED) is 0.779. The Morgan fingerprint density at radius 3 is 2.37 bits per heavy atom. The topological polar surface area (TPSA) is 81.5 Å². The second-order valence-corrected chi connectivity index (χ2v) is 7.41. The lowest BCUT2D eigenvalue weighted by molar-refractivity contribution is 0.0123. The van der Waals surface area contributed by atoms with Crippen LogP contribution in [0.3, 0.4) is 0 Å². The van der Waals surface area contributed by atoms with Crippen LogP contribution < -0.4 is 0 Å². The molecule has 0 N–H and O–H groups in total. The van der Waals surface area contributed by atoms with Gasteiger partial charge in [-0.3, -0.25) is 0 Å². The summed E-state index contributed by atoms with van der Waals surface area (Å²) >= 11 is 11.7. The molecule has 2 heterocycles. The number of halogens is 2. The minimum absolute atomic E-state index is 0.0161. The molecule has 1 aliphatic rings. The maximum atomic E-state index is 12.2. The third-order valence-electron chi connectivity index (χ3n) is 2.51. The van der Waals surface area contributed by atoms with Crippen LogP contribution in [0.15, 0.2) is 11.5 Å². The fourth-order valence-corrected chi connectivity index (χ4v) is 3.68. The Morgan fingerprint density at radius 1 is 1.32 bits per heavy atom. The van der Waals surface area contributed by atoms with Crippen molar-refractivity contribution in [3.63, 3.8) is 0 Å². The first kappa shape index (κ1) is 14.5. The summed E-state index contributed by atoms with van der Waals surface area (Å²) < 4.78 is 24.4. The largest absolute Gasteiger partial charge is 0.389 e. The van der Waals surface area contributed by atoms with Gasteiger partial charge in [0.15, 0.2) is 14.9 Å². The molecule has 1 aromatic heterocycles. The molecule has 1 aromatic rings. The molecule has 0 spiro atoms. The van der Waals surface area contributed by atoms with Crippen LogP contribution in [0.5, 0.6) is 0 Å². The van der Waals surface area contributed by atoms with E-state index in [2.05, 4.69) is 15.1 Å². The maximum absolute atomic E-state index is 12.2. The van der Waals surface area contributed by atoms with E-state index in [-0.39, 0.29) is 27.3 Å². The van der Waals surface area contributed by atoms with Crippen molar-refractivity contribution in [3.8, 4) is 0 Å². The van der Waals surface area contributed by atoms with E-state index < -0.39 is 21.2 Å². The molecule has 0 atom stereocenters. The highest BCUT2D eigenvalue weighted by Crippen LogP contribution is 2.28. The molecule has 19 heavy (non-hydrogen) atoms. The standard InChI is InChI=1S/C10H11Cl2N3O3S/c1-10(2)3-7(15-18-10)19(16,17)4-6-8(11)13-5-14-9(6)12/h5H,3-4H2,1-2H3. The number of aromatic nitrogens is 2. The maximum Gasteiger partial charge on any atom is 0.199 e. The lowest BCUT2D eigenvalue weighted by atomic mass is 10.1. The molecule has 0 saturated carbocycles. The van der Waals surface area contributed by atoms with Gasteiger partial charge in [0.25, 0.3) is 0 Å². The Labute approximate surface area is 120 Å². The average Bonchev–Trinajstić information content (AvgIpc) is 2.65. The fourth-order valence-electron chi connectivity index (χ4n) is 1.53. The normalized spacial score (nSPS) is 18.0. The number of sulfone groups is 1. The molecule has 0 saturated heterocycles. The van der Waals surface area contributed by atoms with Crippen molar-refractivity contribution in [1.29, 1.82) is 0 Å². The Hall–Kier alpha value is -0.920. The van der Waals surface area contributed by atoms with Gasteiger partial charge in [-0.1, -0.05) is 28.4 Å². The van der Waals surface area contributed by atoms with Crippen LogP contribution in [-0.4, -0.2) is 29.0 Å². The van der Waals surface area contributed by atoms with E-state index in [9.17, 15) is 8.42 Å². The van der Waals surface area contributed by atoms with E-state index in [0.29, 0.717) is 0 Å². The average molecular weight is 324 g/mol. The van der Waals surface area contributed by atoms with Gasteiger partial charge in [-0.15, -0.1) is 0 Å². The van der Waals surface area contributed by atoms with Crippen molar-refractivity contribution >= 4 is 38.1 Å². The van der Waals surface area contributed by atoms with Crippen molar-refractivity contribution in [3.05, 3.63) is 22.2 Å². The van der Waals surface area contributed by atoms with Gasteiger partial charge in [-0.2, -0.15) is 0 Å². The molecule has 0 amide bonds. The zero-order valence-electron chi connectivity index (χ0n) is 10.2. The predicted molar refractivity (Wildman–Crippen MR) is 71.9 cm³/mol. The zero-order valence-corrected chi connectivity index (χ0v) is 12.6. The number of oxime groups is 1. The summed E-state index contributed by atoms with van der Waals surface area (Å²) in [6.45, 7) is 3.51. The van der Waals surface area contributed by atoms with E-state index in [1.807, 2.05) is 0 Å². The van der Waals surface area contributed by atoms with E-state index in [1.165, 1.54) is 6.33 Å². The lowest BCUT2D eigenvalue weighted by Crippen LogP contribution is -2.23. The van der Waals surface area contributed by atoms with Gasteiger partial charge in [0, 0.05) is 12.0 Å². The zero-order chi connectivity index (χ0) is 14.3. The van der Waals surface area contributed by atoms with Gasteiger partial charge in [0.1, 0.15) is 22.2 Å². The van der Waals surface area contributed by atoms with E-state index in [1.54, 1.807) is 13.8 Å². The minimum Gasteiger partial charge on any atom is -0.389 e. The molecule has 0 fully saturated rings. The summed E-state index contributed by atoms with van der Waals surface area (Å²) in [5, 5.41) is 3.63. The van der Waals surface area contributed by atoms with Crippen LogP contribution in [0.25, 0.3) is 0 Å². The highest BCUT2D eigenvalue weighted by molar-refractivity contribution is 8.05. The minimum atomic E-state index is -3.65. The van der Waals surface area contributed by atoms with Crippen molar-refractivity contribution in [2.45, 2.75) is 31.6 Å². The summed E-state index contributed by atoms with van der Waals surface area (Å²) in [6, 6.07) is 0. The van der Waals surface area contributed by atoms with E-state index >= 15 is 0 Å². The van der Waals surface area contributed by atoms with E-state index in [4.69, 9.17) is 28.0 Å². The highest BCUT2D eigenvalue weighted by Gasteiger charge is 2.36. The van der Waals surface area contributed by atoms with E-state index in [0.717, 1.165) is 0 Å². The summed E-state index contributed by atoms with van der Waals surface area (Å²) in [4.78, 5) is 12.5. The summed E-state index contributed by atoms with van der Waals surface area (Å²) in [7, 11) is -3.65. The highest BCUT2D eigenvalue weighted by atomic mass is 35.5. The van der Waals surface area contributed by atoms with Gasteiger partial charge in [-0.25, -0.2) is 18.4 Å². The lowest BCUT2D eigenvalue weighted by Gasteiger charge is -2.13. The second-order valence-electron chi connectivity index (χ2n) is 4.71. The molecule has 2 rings (SSSR count). The molecule has 6 nitrogen and oxygen atoms in total. The van der Waals surface area contributed by atoms with Gasteiger partial charge in [-0.05, 0) is 13.8 Å². The molecular weight excluding hydrogens is 313 g/mol. The fraction of sp³-hybridized carbons (Fsp3) is 0.500. The summed E-state index contributed by atoms with van der Waals surface area (Å²) in [6.07, 6.45) is 1.37. The molecular formula is C10H11Cl2N3O3S. The number of nitrogens with zero attached hydrogens (tertiary/aromatic N) is 3. The van der Waals surface area contributed by atoms with Gasteiger partial charge < -0.3 is 4.84 Å². The van der Waals surface area contributed by atoms with Gasteiger partial charge >= 0.3 is 0 Å². The number of hydrogen-bond acceptors (Lipinski definition) is 6. The first-order valence-corrected chi connectivity index (χ1v) is 7.75. The molecule has 0 bridgehead atoms. The van der Waals surface area contributed by atoms with Crippen LogP contribution in [0.1, 0.15) is 25.8 Å². The van der Waals surface area contributed by atoms with Crippen molar-refractivity contribution in [2.24, 2.45) is 5.16 Å². The smallest absolute Gasteiger partial charge is 0.199 e. The Bertz CT molecular complexity index is 623. The van der Waals surface area contributed by atoms with Crippen LogP contribution in [0.4, 0.5) is 0 Å². The van der Waals surface area contributed by atoms with Crippen LogP contribution >= 0.6 is 23.2 Å². The van der Waals surface area contributed by atoms with Crippen molar-refractivity contribution in [2.75, 3.05) is 0 Å². The first-order chi connectivity index (χ1) is 8.71. The molecule has 0 unspecified atom stereocenters. The number of rotatable bonds is 2. The molecule has 0 aliphatic carbocycles. The molecule has 0 aromatic carbocycles. The second kappa shape index (κ2) is 4.88. The van der Waals surface area contributed by atoms with Gasteiger partial charge in [0.2, 0.25) is 0 Å². The summed E-state index contributed by atoms with van der Waals surface area (Å²) in [5.41, 5.74) is -0.457. The molecule has 9 heteroatoms. The third kappa shape index (κ3) is 3.16. The Morgan fingerprint density at radius 2 is 1.89 bits per heavy atom. The number of hydrogen-bond donors (Lipinski definition) is 0. The van der Waals surface area contributed by atoms with Crippen LogP contribution in [0, 0.1) is 0 Å².